The highest BCUT2D eigenvalue weighted by molar-refractivity contribution is 5.85. The van der Waals surface area contributed by atoms with Gasteiger partial charge in [-0.25, -0.2) is 0 Å². The molecule has 0 saturated heterocycles. The minimum atomic E-state index is -0.0378. The van der Waals surface area contributed by atoms with Gasteiger partial charge in [-0.05, 0) is 113 Å². The highest BCUT2D eigenvalue weighted by Gasteiger charge is 2.60. The van der Waals surface area contributed by atoms with Crippen molar-refractivity contribution < 1.29 is 9.94 Å². The van der Waals surface area contributed by atoms with Crippen LogP contribution in [0.1, 0.15) is 92.4 Å². The van der Waals surface area contributed by atoms with Gasteiger partial charge in [-0.3, -0.25) is 0 Å². The Labute approximate surface area is 166 Å². The molecule has 0 amide bonds. The molecule has 0 radical (unpaired) electrons. The summed E-state index contributed by atoms with van der Waals surface area (Å²) in [4.78, 5) is 5.61. The summed E-state index contributed by atoms with van der Waals surface area (Å²) in [6, 6.07) is 0. The molecule has 0 heterocycles. The molecule has 4 fully saturated rings. The van der Waals surface area contributed by atoms with E-state index in [4.69, 9.17) is 4.84 Å². The molecule has 3 nitrogen and oxygen atoms in total. The molecule has 0 aromatic rings. The molecule has 4 saturated carbocycles. The van der Waals surface area contributed by atoms with Crippen molar-refractivity contribution in [2.75, 3.05) is 0 Å². The van der Waals surface area contributed by atoms with Crippen LogP contribution in [-0.2, 0) is 4.84 Å². The zero-order valence-electron chi connectivity index (χ0n) is 18.2. The summed E-state index contributed by atoms with van der Waals surface area (Å²) < 4.78 is 0. The standard InChI is InChI=1S/C24H41NO2/c1-15(2)27-25-16(3)20-8-9-21-19-7-6-17-14-18(26)10-12-23(17,4)22(19)11-13-24(20,21)5/h15,17-22,26H,6-14H2,1-5H3/b25-16+/t17-,18+,19-,20+,21-,22-,23-,24+/m0/s1. The molecule has 3 heteroatoms. The molecule has 154 valence electrons. The van der Waals surface area contributed by atoms with Crippen molar-refractivity contribution in [1.29, 1.82) is 0 Å². The maximum Gasteiger partial charge on any atom is 0.122 e. The first-order valence-electron chi connectivity index (χ1n) is 11.6. The number of hydrogen-bond acceptors (Lipinski definition) is 3. The van der Waals surface area contributed by atoms with Crippen LogP contribution in [-0.4, -0.2) is 23.0 Å². The van der Waals surface area contributed by atoms with Gasteiger partial charge in [0.2, 0.25) is 0 Å². The van der Waals surface area contributed by atoms with Gasteiger partial charge in [-0.15, -0.1) is 0 Å². The molecule has 4 aliphatic carbocycles. The quantitative estimate of drug-likeness (QED) is 0.500. The van der Waals surface area contributed by atoms with Crippen LogP contribution in [0, 0.1) is 40.4 Å². The molecule has 0 spiro atoms. The fraction of sp³-hybridized carbons (Fsp3) is 0.958. The van der Waals surface area contributed by atoms with E-state index < -0.39 is 0 Å². The van der Waals surface area contributed by atoms with E-state index in [1.54, 1.807) is 0 Å². The second kappa shape index (κ2) is 7.04. The number of nitrogens with zero attached hydrogens (tertiary/aromatic N) is 1. The van der Waals surface area contributed by atoms with Gasteiger partial charge in [-0.1, -0.05) is 19.0 Å². The van der Waals surface area contributed by atoms with Crippen LogP contribution >= 0.6 is 0 Å². The van der Waals surface area contributed by atoms with Crippen LogP contribution in [0.4, 0.5) is 0 Å². The Kier molecular flexibility index (Phi) is 5.15. The summed E-state index contributed by atoms with van der Waals surface area (Å²) in [5.41, 5.74) is 2.12. The molecule has 1 N–H and O–H groups in total. The lowest BCUT2D eigenvalue weighted by Crippen LogP contribution is -2.54. The van der Waals surface area contributed by atoms with Gasteiger partial charge < -0.3 is 9.94 Å². The van der Waals surface area contributed by atoms with Crippen molar-refractivity contribution in [2.24, 2.45) is 45.6 Å². The average Bonchev–Trinajstić information content (AvgIpc) is 2.97. The molecule has 4 aliphatic rings. The Morgan fingerprint density at radius 2 is 1.67 bits per heavy atom. The van der Waals surface area contributed by atoms with Crippen LogP contribution in [0.25, 0.3) is 0 Å². The van der Waals surface area contributed by atoms with Crippen LogP contribution in [0.15, 0.2) is 5.16 Å². The number of hydrogen-bond donors (Lipinski definition) is 1. The molecular weight excluding hydrogens is 334 g/mol. The number of rotatable bonds is 3. The fourth-order valence-corrected chi connectivity index (χ4v) is 8.17. The van der Waals surface area contributed by atoms with Crippen LogP contribution in [0.5, 0.6) is 0 Å². The van der Waals surface area contributed by atoms with E-state index in [1.807, 2.05) is 0 Å². The highest BCUT2D eigenvalue weighted by atomic mass is 16.6. The first-order chi connectivity index (χ1) is 12.8. The van der Waals surface area contributed by atoms with E-state index in [0.717, 1.165) is 36.5 Å². The number of fused-ring (bicyclic) bond motifs is 5. The van der Waals surface area contributed by atoms with Crippen molar-refractivity contribution in [3.63, 3.8) is 0 Å². The summed E-state index contributed by atoms with van der Waals surface area (Å²) in [6.45, 7) is 11.5. The maximum atomic E-state index is 10.2. The first-order valence-corrected chi connectivity index (χ1v) is 11.6. The molecular formula is C24H41NO2. The van der Waals surface area contributed by atoms with Gasteiger partial charge in [0.25, 0.3) is 0 Å². The van der Waals surface area contributed by atoms with Crippen molar-refractivity contribution in [3.8, 4) is 0 Å². The van der Waals surface area contributed by atoms with Gasteiger partial charge in [0, 0.05) is 5.92 Å². The lowest BCUT2D eigenvalue weighted by molar-refractivity contribution is -0.123. The number of aliphatic hydroxyl groups excluding tert-OH is 1. The summed E-state index contributed by atoms with van der Waals surface area (Å²) in [6.07, 6.45) is 11.6. The predicted octanol–water partition coefficient (Wildman–Crippen LogP) is 5.81. The molecule has 4 rings (SSSR count). The summed E-state index contributed by atoms with van der Waals surface area (Å²) in [5.74, 6) is 3.98. The van der Waals surface area contributed by atoms with E-state index >= 15 is 0 Å². The minimum absolute atomic E-state index is 0.0378. The Balaban J connectivity index is 1.54. The minimum Gasteiger partial charge on any atom is -0.393 e. The zero-order valence-corrected chi connectivity index (χ0v) is 18.2. The van der Waals surface area contributed by atoms with Crippen molar-refractivity contribution in [1.82, 2.24) is 0 Å². The molecule has 0 bridgehead atoms. The summed E-state index contributed by atoms with van der Waals surface area (Å²) in [7, 11) is 0. The van der Waals surface area contributed by atoms with Gasteiger partial charge in [0.15, 0.2) is 0 Å². The molecule has 0 aliphatic heterocycles. The lowest BCUT2D eigenvalue weighted by atomic mass is 9.44. The van der Waals surface area contributed by atoms with E-state index in [9.17, 15) is 5.11 Å². The van der Waals surface area contributed by atoms with E-state index in [-0.39, 0.29) is 12.2 Å². The molecule has 27 heavy (non-hydrogen) atoms. The second-order valence-corrected chi connectivity index (χ2v) is 11.1. The van der Waals surface area contributed by atoms with Crippen LogP contribution in [0.2, 0.25) is 0 Å². The maximum absolute atomic E-state index is 10.2. The molecule has 8 atom stereocenters. The predicted molar refractivity (Wildman–Crippen MR) is 111 cm³/mol. The van der Waals surface area contributed by atoms with E-state index in [2.05, 4.69) is 39.8 Å². The number of aliphatic hydroxyl groups is 1. The van der Waals surface area contributed by atoms with Crippen molar-refractivity contribution in [3.05, 3.63) is 0 Å². The van der Waals surface area contributed by atoms with Gasteiger partial charge in [0.1, 0.15) is 6.10 Å². The first kappa shape index (κ1) is 19.7. The largest absolute Gasteiger partial charge is 0.393 e. The Morgan fingerprint density at radius 3 is 2.41 bits per heavy atom. The van der Waals surface area contributed by atoms with Crippen molar-refractivity contribution in [2.45, 2.75) is 105 Å². The Hall–Kier alpha value is -0.570. The number of oxime groups is 1. The topological polar surface area (TPSA) is 41.8 Å². The Bertz CT molecular complexity index is 587. The van der Waals surface area contributed by atoms with Crippen molar-refractivity contribution >= 4 is 5.71 Å². The van der Waals surface area contributed by atoms with Crippen LogP contribution < -0.4 is 0 Å². The third-order valence-electron chi connectivity index (χ3n) is 9.55. The second-order valence-electron chi connectivity index (χ2n) is 11.1. The van der Waals surface area contributed by atoms with Gasteiger partial charge >= 0.3 is 0 Å². The third kappa shape index (κ3) is 3.16. The van der Waals surface area contributed by atoms with Gasteiger partial charge in [-0.2, -0.15) is 0 Å². The summed E-state index contributed by atoms with van der Waals surface area (Å²) in [5, 5.41) is 14.7. The molecule has 0 aromatic carbocycles. The zero-order chi connectivity index (χ0) is 19.4. The fourth-order valence-electron chi connectivity index (χ4n) is 8.17. The molecule has 0 unspecified atom stereocenters. The van der Waals surface area contributed by atoms with E-state index in [1.165, 1.54) is 50.7 Å². The summed E-state index contributed by atoms with van der Waals surface area (Å²) >= 11 is 0. The van der Waals surface area contributed by atoms with E-state index in [0.29, 0.717) is 16.7 Å². The Morgan fingerprint density at radius 1 is 0.963 bits per heavy atom. The lowest BCUT2D eigenvalue weighted by Gasteiger charge is -2.61. The van der Waals surface area contributed by atoms with Gasteiger partial charge in [0.05, 0.1) is 11.8 Å². The highest BCUT2D eigenvalue weighted by Crippen LogP contribution is 2.67. The smallest absolute Gasteiger partial charge is 0.122 e. The average molecular weight is 376 g/mol. The monoisotopic (exact) mass is 375 g/mol. The third-order valence-corrected chi connectivity index (χ3v) is 9.55. The molecule has 0 aromatic heterocycles. The van der Waals surface area contributed by atoms with Crippen LogP contribution in [0.3, 0.4) is 0 Å². The normalized spacial score (nSPS) is 50.1. The SMILES string of the molecule is C/C(=N\OC(C)C)[C@H]1CC[C@H]2[C@@H]3CC[C@H]4C[C@H](O)CC[C@]4(C)[C@H]3CC[C@]12C.